The minimum Gasteiger partial charge on any atom is -0.495 e. The van der Waals surface area contributed by atoms with E-state index in [9.17, 15) is 13.2 Å². The molecule has 174 valence electrons. The van der Waals surface area contributed by atoms with Crippen LogP contribution in [0.1, 0.15) is 29.5 Å². The number of aromatic nitrogens is 1. The lowest BCUT2D eigenvalue weighted by atomic mass is 10.2. The molecule has 0 bridgehead atoms. The lowest BCUT2D eigenvalue weighted by molar-refractivity contribution is -0.114. The van der Waals surface area contributed by atoms with E-state index in [2.05, 4.69) is 15.2 Å². The third kappa shape index (κ3) is 6.44. The zero-order valence-corrected chi connectivity index (χ0v) is 20.0. The normalized spacial score (nSPS) is 11.6. The molecule has 33 heavy (non-hydrogen) atoms. The zero-order valence-electron chi connectivity index (χ0n) is 18.4. The molecule has 1 heterocycles. The van der Waals surface area contributed by atoms with Gasteiger partial charge in [-0.1, -0.05) is 41.0 Å². The SMILES string of the molecule is COc1ccc(/C=C\c2onc(C)c2NC(C)=O)cc1S(=O)(=O)NCCc1ccc(Cl)cc1. The number of carbonyl (C=O) groups is 1. The molecule has 0 saturated carbocycles. The van der Waals surface area contributed by atoms with Crippen LogP contribution >= 0.6 is 11.6 Å². The first kappa shape index (κ1) is 24.5. The fraction of sp³-hybridized carbons (Fsp3) is 0.217. The number of methoxy groups -OCH3 is 1. The summed E-state index contributed by atoms with van der Waals surface area (Å²) in [6.07, 6.45) is 3.78. The van der Waals surface area contributed by atoms with Gasteiger partial charge in [0.15, 0.2) is 5.76 Å². The highest BCUT2D eigenvalue weighted by Crippen LogP contribution is 2.27. The number of ether oxygens (including phenoxy) is 1. The van der Waals surface area contributed by atoms with Crippen LogP contribution in [-0.2, 0) is 21.2 Å². The summed E-state index contributed by atoms with van der Waals surface area (Å²) in [5.41, 5.74) is 2.55. The zero-order chi connectivity index (χ0) is 24.0. The van der Waals surface area contributed by atoms with Crippen molar-refractivity contribution in [2.75, 3.05) is 19.0 Å². The van der Waals surface area contributed by atoms with Crippen LogP contribution in [0.3, 0.4) is 0 Å². The molecule has 0 aliphatic rings. The second-order valence-electron chi connectivity index (χ2n) is 7.21. The lowest BCUT2D eigenvalue weighted by Crippen LogP contribution is -2.26. The van der Waals surface area contributed by atoms with Gasteiger partial charge in [0, 0.05) is 18.5 Å². The van der Waals surface area contributed by atoms with E-state index >= 15 is 0 Å². The highest BCUT2D eigenvalue weighted by molar-refractivity contribution is 7.89. The summed E-state index contributed by atoms with van der Waals surface area (Å²) < 4.78 is 39.0. The van der Waals surface area contributed by atoms with Gasteiger partial charge in [-0.15, -0.1) is 0 Å². The van der Waals surface area contributed by atoms with Crippen molar-refractivity contribution >= 4 is 45.4 Å². The van der Waals surface area contributed by atoms with E-state index in [-0.39, 0.29) is 23.1 Å². The van der Waals surface area contributed by atoms with E-state index in [0.29, 0.717) is 34.1 Å². The molecule has 1 aromatic heterocycles. The van der Waals surface area contributed by atoms with Crippen LogP contribution in [0.25, 0.3) is 12.2 Å². The van der Waals surface area contributed by atoms with Crippen molar-refractivity contribution in [3.05, 3.63) is 70.1 Å². The van der Waals surface area contributed by atoms with Gasteiger partial charge < -0.3 is 14.6 Å². The van der Waals surface area contributed by atoms with Crippen LogP contribution in [0.2, 0.25) is 5.02 Å². The monoisotopic (exact) mass is 489 g/mol. The summed E-state index contributed by atoms with van der Waals surface area (Å²) >= 11 is 5.88. The number of nitrogens with one attached hydrogen (secondary N) is 2. The van der Waals surface area contributed by atoms with Crippen molar-refractivity contribution in [1.82, 2.24) is 9.88 Å². The minimum atomic E-state index is -3.83. The molecular formula is C23H24ClN3O5S. The molecular weight excluding hydrogens is 466 g/mol. The smallest absolute Gasteiger partial charge is 0.244 e. The van der Waals surface area contributed by atoms with Crippen molar-refractivity contribution in [2.24, 2.45) is 0 Å². The fourth-order valence-electron chi connectivity index (χ4n) is 3.07. The maximum atomic E-state index is 12.9. The maximum Gasteiger partial charge on any atom is 0.244 e. The first-order valence-corrected chi connectivity index (χ1v) is 11.9. The number of hydrogen-bond acceptors (Lipinski definition) is 6. The number of halogens is 1. The van der Waals surface area contributed by atoms with Crippen molar-refractivity contribution < 1.29 is 22.5 Å². The minimum absolute atomic E-state index is 0.0130. The number of nitrogens with zero attached hydrogens (tertiary/aromatic N) is 1. The summed E-state index contributed by atoms with van der Waals surface area (Å²) in [6, 6.07) is 12.0. The summed E-state index contributed by atoms with van der Waals surface area (Å²) in [7, 11) is -2.42. The largest absolute Gasteiger partial charge is 0.495 e. The number of carbonyl (C=O) groups excluding carboxylic acids is 1. The molecule has 2 aromatic carbocycles. The molecule has 8 nitrogen and oxygen atoms in total. The van der Waals surface area contributed by atoms with E-state index in [1.54, 1.807) is 43.3 Å². The number of aryl methyl sites for hydroxylation is 1. The van der Waals surface area contributed by atoms with Gasteiger partial charge >= 0.3 is 0 Å². The Morgan fingerprint density at radius 3 is 2.58 bits per heavy atom. The van der Waals surface area contributed by atoms with E-state index in [4.69, 9.17) is 20.9 Å². The number of sulfonamides is 1. The molecule has 10 heteroatoms. The Balaban J connectivity index is 1.79. The topological polar surface area (TPSA) is 111 Å². The van der Waals surface area contributed by atoms with E-state index in [0.717, 1.165) is 5.56 Å². The van der Waals surface area contributed by atoms with Gasteiger partial charge in [-0.3, -0.25) is 4.79 Å². The molecule has 3 rings (SSSR count). The Labute approximate surface area is 197 Å². The summed E-state index contributed by atoms with van der Waals surface area (Å²) in [4.78, 5) is 11.4. The number of anilines is 1. The van der Waals surface area contributed by atoms with E-state index in [1.165, 1.54) is 20.1 Å². The average Bonchev–Trinajstić information content (AvgIpc) is 3.12. The Morgan fingerprint density at radius 1 is 1.18 bits per heavy atom. The summed E-state index contributed by atoms with van der Waals surface area (Å²) in [5.74, 6) is 0.322. The van der Waals surface area contributed by atoms with Crippen LogP contribution in [0.5, 0.6) is 5.75 Å². The van der Waals surface area contributed by atoms with Crippen molar-refractivity contribution in [3.63, 3.8) is 0 Å². The predicted molar refractivity (Wildman–Crippen MR) is 128 cm³/mol. The molecule has 0 aliphatic heterocycles. The maximum absolute atomic E-state index is 12.9. The molecule has 0 saturated heterocycles. The molecule has 1 amide bonds. The van der Waals surface area contributed by atoms with Crippen LogP contribution in [0, 0.1) is 6.92 Å². The molecule has 0 radical (unpaired) electrons. The number of amides is 1. The molecule has 0 fully saturated rings. The molecule has 2 N–H and O–H groups in total. The Kier molecular flexibility index (Phi) is 7.91. The standard InChI is InChI=1S/C23H24ClN3O5S/c1-15-23(26-16(2)28)21(32-27-15)11-7-18-6-10-20(31-3)22(14-18)33(29,30)25-13-12-17-4-8-19(24)9-5-17/h4-11,14,25H,12-13H2,1-3H3,(H,26,28)/b11-7-. The van der Waals surface area contributed by atoms with Gasteiger partial charge in [0.25, 0.3) is 0 Å². The fourth-order valence-corrected chi connectivity index (χ4v) is 4.43. The highest BCUT2D eigenvalue weighted by atomic mass is 35.5. The third-order valence-corrected chi connectivity index (χ3v) is 6.45. The Bertz CT molecular complexity index is 1270. The predicted octanol–water partition coefficient (Wildman–Crippen LogP) is 4.29. The van der Waals surface area contributed by atoms with E-state index < -0.39 is 10.0 Å². The first-order chi connectivity index (χ1) is 15.7. The number of benzene rings is 2. The average molecular weight is 490 g/mol. The molecule has 0 spiro atoms. The van der Waals surface area contributed by atoms with Gasteiger partial charge in [0.1, 0.15) is 22.0 Å². The first-order valence-electron chi connectivity index (χ1n) is 10.0. The Hall–Kier alpha value is -3.14. The van der Waals surface area contributed by atoms with Gasteiger partial charge in [-0.05, 0) is 54.8 Å². The van der Waals surface area contributed by atoms with Crippen LogP contribution in [0.15, 0.2) is 51.9 Å². The highest BCUT2D eigenvalue weighted by Gasteiger charge is 2.20. The molecule has 3 aromatic rings. The number of hydrogen-bond donors (Lipinski definition) is 2. The number of rotatable bonds is 9. The van der Waals surface area contributed by atoms with Gasteiger partial charge in [-0.25, -0.2) is 13.1 Å². The Morgan fingerprint density at radius 2 is 1.91 bits per heavy atom. The lowest BCUT2D eigenvalue weighted by Gasteiger charge is -2.12. The molecule has 0 aliphatic carbocycles. The van der Waals surface area contributed by atoms with E-state index in [1.807, 2.05) is 12.1 Å². The van der Waals surface area contributed by atoms with Gasteiger partial charge in [-0.2, -0.15) is 0 Å². The quantitative estimate of drug-likeness (QED) is 0.463. The van der Waals surface area contributed by atoms with Crippen LogP contribution in [0.4, 0.5) is 5.69 Å². The van der Waals surface area contributed by atoms with Gasteiger partial charge in [0.2, 0.25) is 15.9 Å². The van der Waals surface area contributed by atoms with Gasteiger partial charge in [0.05, 0.1) is 7.11 Å². The third-order valence-electron chi connectivity index (χ3n) is 4.71. The summed E-state index contributed by atoms with van der Waals surface area (Å²) in [5, 5.41) is 7.15. The van der Waals surface area contributed by atoms with Crippen LogP contribution < -0.4 is 14.8 Å². The second-order valence-corrected chi connectivity index (χ2v) is 9.38. The molecule has 0 unspecified atom stereocenters. The van der Waals surface area contributed by atoms with Crippen LogP contribution in [-0.4, -0.2) is 33.1 Å². The van der Waals surface area contributed by atoms with Crippen molar-refractivity contribution in [2.45, 2.75) is 25.2 Å². The van der Waals surface area contributed by atoms with Crippen molar-refractivity contribution in [3.8, 4) is 5.75 Å². The molecule has 0 atom stereocenters. The second kappa shape index (κ2) is 10.7. The van der Waals surface area contributed by atoms with Crippen molar-refractivity contribution in [1.29, 1.82) is 0 Å². The summed E-state index contributed by atoms with van der Waals surface area (Å²) in [6.45, 7) is 3.31.